The number of likely N-dealkylation sites (tertiary alicyclic amines) is 2. The number of amides is 1. The van der Waals surface area contributed by atoms with E-state index in [1.165, 1.54) is 19.5 Å². The van der Waals surface area contributed by atoms with Crippen LogP contribution in [0.15, 0.2) is 4.99 Å². The molecule has 170 valence electrons. The molecule has 0 aliphatic carbocycles. The first-order chi connectivity index (χ1) is 13.5. The van der Waals surface area contributed by atoms with Gasteiger partial charge in [-0.1, -0.05) is 13.8 Å². The van der Waals surface area contributed by atoms with Crippen LogP contribution in [0.4, 0.5) is 4.79 Å². The van der Waals surface area contributed by atoms with Gasteiger partial charge in [-0.2, -0.15) is 0 Å². The first kappa shape index (κ1) is 26.3. The normalized spacial score (nSPS) is 24.0. The zero-order valence-corrected chi connectivity index (χ0v) is 21.1. The van der Waals surface area contributed by atoms with Crippen molar-refractivity contribution in [2.24, 2.45) is 16.8 Å². The van der Waals surface area contributed by atoms with Crippen molar-refractivity contribution in [3.63, 3.8) is 0 Å². The van der Waals surface area contributed by atoms with Crippen LogP contribution in [0.2, 0.25) is 0 Å². The smallest absolute Gasteiger partial charge is 0.409 e. The van der Waals surface area contributed by atoms with Crippen molar-refractivity contribution in [2.75, 3.05) is 52.4 Å². The van der Waals surface area contributed by atoms with Crippen LogP contribution in [-0.4, -0.2) is 80.3 Å². The zero-order valence-electron chi connectivity index (χ0n) is 18.8. The molecule has 1 amide bonds. The molecule has 2 unspecified atom stereocenters. The second-order valence-electron chi connectivity index (χ2n) is 8.42. The Labute approximate surface area is 194 Å². The largest absolute Gasteiger partial charge is 0.450 e. The van der Waals surface area contributed by atoms with E-state index in [0.29, 0.717) is 12.6 Å². The maximum Gasteiger partial charge on any atom is 0.409 e. The van der Waals surface area contributed by atoms with Crippen LogP contribution in [0.5, 0.6) is 0 Å². The van der Waals surface area contributed by atoms with E-state index < -0.39 is 0 Å². The molecule has 0 saturated carbocycles. The fraction of sp³-hybridized carbons (Fsp3) is 0.905. The molecule has 8 heteroatoms. The molecule has 2 N–H and O–H groups in total. The molecule has 2 heterocycles. The third-order valence-electron chi connectivity index (χ3n) is 5.55. The number of nitrogens with one attached hydrogen (secondary N) is 2. The molecule has 7 nitrogen and oxygen atoms in total. The van der Waals surface area contributed by atoms with Crippen molar-refractivity contribution in [1.82, 2.24) is 20.4 Å². The number of hydrogen-bond acceptors (Lipinski definition) is 4. The van der Waals surface area contributed by atoms with E-state index in [-0.39, 0.29) is 30.1 Å². The van der Waals surface area contributed by atoms with Crippen molar-refractivity contribution >= 4 is 36.0 Å². The quantitative estimate of drug-likeness (QED) is 0.232. The highest BCUT2D eigenvalue weighted by atomic mass is 127. The van der Waals surface area contributed by atoms with Crippen LogP contribution in [0.1, 0.15) is 53.4 Å². The van der Waals surface area contributed by atoms with Gasteiger partial charge in [0.25, 0.3) is 0 Å². The number of ether oxygens (including phenoxy) is 1. The van der Waals surface area contributed by atoms with E-state index in [1.807, 2.05) is 6.92 Å². The summed E-state index contributed by atoms with van der Waals surface area (Å²) in [6.07, 6.45) is 4.11. The van der Waals surface area contributed by atoms with Crippen molar-refractivity contribution in [1.29, 1.82) is 0 Å². The van der Waals surface area contributed by atoms with E-state index in [1.54, 1.807) is 4.90 Å². The van der Waals surface area contributed by atoms with Crippen LogP contribution >= 0.6 is 24.0 Å². The zero-order chi connectivity index (χ0) is 20.4. The van der Waals surface area contributed by atoms with Gasteiger partial charge >= 0.3 is 6.09 Å². The summed E-state index contributed by atoms with van der Waals surface area (Å²) < 4.78 is 5.09. The summed E-state index contributed by atoms with van der Waals surface area (Å²) >= 11 is 0. The third kappa shape index (κ3) is 9.72. The fourth-order valence-electron chi connectivity index (χ4n) is 4.39. The number of carbonyl (C=O) groups excluding carboxylic acids is 1. The molecule has 2 aliphatic rings. The highest BCUT2D eigenvalue weighted by molar-refractivity contribution is 14.0. The summed E-state index contributed by atoms with van der Waals surface area (Å²) in [4.78, 5) is 21.0. The van der Waals surface area contributed by atoms with Crippen molar-refractivity contribution < 1.29 is 9.53 Å². The molecule has 2 rings (SSSR count). The van der Waals surface area contributed by atoms with Gasteiger partial charge in [0, 0.05) is 45.3 Å². The van der Waals surface area contributed by atoms with Crippen LogP contribution < -0.4 is 10.6 Å². The topological polar surface area (TPSA) is 69.2 Å². The van der Waals surface area contributed by atoms with Crippen LogP contribution in [0, 0.1) is 11.8 Å². The van der Waals surface area contributed by atoms with Crippen molar-refractivity contribution in [3.8, 4) is 0 Å². The molecule has 0 aromatic carbocycles. The number of nitrogens with zero attached hydrogens (tertiary/aromatic N) is 3. The van der Waals surface area contributed by atoms with Gasteiger partial charge in [-0.3, -0.25) is 4.99 Å². The summed E-state index contributed by atoms with van der Waals surface area (Å²) in [6.45, 7) is 15.9. The second-order valence-corrected chi connectivity index (χ2v) is 8.42. The number of halogens is 1. The predicted molar refractivity (Wildman–Crippen MR) is 130 cm³/mol. The van der Waals surface area contributed by atoms with Gasteiger partial charge in [0.1, 0.15) is 0 Å². The van der Waals surface area contributed by atoms with Gasteiger partial charge in [-0.25, -0.2) is 4.79 Å². The molecule has 0 aromatic rings. The van der Waals surface area contributed by atoms with Crippen LogP contribution in [0.25, 0.3) is 0 Å². The van der Waals surface area contributed by atoms with E-state index >= 15 is 0 Å². The van der Waals surface area contributed by atoms with E-state index in [4.69, 9.17) is 9.73 Å². The number of rotatable bonds is 7. The SMILES string of the molecule is CCNC(=NCCCN1CC(C)CC(C)C1)NC1CCN(C(=O)OCC)CC1.I. The Kier molecular flexibility index (Phi) is 12.9. The summed E-state index contributed by atoms with van der Waals surface area (Å²) in [7, 11) is 0. The number of carbonyl (C=O) groups is 1. The lowest BCUT2D eigenvalue weighted by molar-refractivity contribution is 0.0963. The third-order valence-corrected chi connectivity index (χ3v) is 5.55. The summed E-state index contributed by atoms with van der Waals surface area (Å²) in [5.74, 6) is 2.52. The van der Waals surface area contributed by atoms with Crippen LogP contribution in [0.3, 0.4) is 0 Å². The van der Waals surface area contributed by atoms with E-state index in [9.17, 15) is 4.79 Å². The molecule has 0 aromatic heterocycles. The lowest BCUT2D eigenvalue weighted by Gasteiger charge is -2.34. The summed E-state index contributed by atoms with van der Waals surface area (Å²) in [5, 5.41) is 6.90. The molecule has 0 bridgehead atoms. The molecule has 29 heavy (non-hydrogen) atoms. The van der Waals surface area contributed by atoms with Crippen LogP contribution in [-0.2, 0) is 4.74 Å². The Balaban J connectivity index is 0.00000420. The minimum Gasteiger partial charge on any atom is -0.450 e. The Morgan fingerprint density at radius 1 is 1.14 bits per heavy atom. The van der Waals surface area contributed by atoms with E-state index in [2.05, 4.69) is 36.3 Å². The fourth-order valence-corrected chi connectivity index (χ4v) is 4.39. The lowest BCUT2D eigenvalue weighted by Crippen LogP contribution is -2.50. The second kappa shape index (κ2) is 14.3. The molecule has 2 fully saturated rings. The van der Waals surface area contributed by atoms with Crippen molar-refractivity contribution in [3.05, 3.63) is 0 Å². The van der Waals surface area contributed by atoms with Gasteiger partial charge in [0.05, 0.1) is 6.61 Å². The van der Waals surface area contributed by atoms with Gasteiger partial charge < -0.3 is 25.2 Å². The average Bonchev–Trinajstić information content (AvgIpc) is 2.65. The minimum atomic E-state index is -0.192. The molecule has 0 radical (unpaired) electrons. The first-order valence-electron chi connectivity index (χ1n) is 11.2. The van der Waals surface area contributed by atoms with Gasteiger partial charge in [0.15, 0.2) is 5.96 Å². The minimum absolute atomic E-state index is 0. The standard InChI is InChI=1S/C21H41N5O2.HI/c1-5-22-20(23-10-7-11-25-15-17(3)14-18(4)16-25)24-19-8-12-26(13-9-19)21(27)28-6-2;/h17-19H,5-16H2,1-4H3,(H2,22,23,24);1H. The summed E-state index contributed by atoms with van der Waals surface area (Å²) in [6, 6.07) is 0.354. The Hall–Kier alpha value is -0.770. The summed E-state index contributed by atoms with van der Waals surface area (Å²) in [5.41, 5.74) is 0. The highest BCUT2D eigenvalue weighted by Gasteiger charge is 2.24. The molecule has 2 saturated heterocycles. The maximum atomic E-state index is 11.8. The molecular formula is C21H42IN5O2. The average molecular weight is 524 g/mol. The number of guanidine groups is 1. The number of hydrogen-bond donors (Lipinski definition) is 2. The number of piperidine rings is 2. The molecular weight excluding hydrogens is 481 g/mol. The molecule has 2 atom stereocenters. The predicted octanol–water partition coefficient (Wildman–Crippen LogP) is 3.15. The van der Waals surface area contributed by atoms with Gasteiger partial charge in [-0.15, -0.1) is 24.0 Å². The van der Waals surface area contributed by atoms with Gasteiger partial charge in [0.2, 0.25) is 0 Å². The van der Waals surface area contributed by atoms with Crippen molar-refractivity contribution in [2.45, 2.75) is 59.4 Å². The Morgan fingerprint density at radius 3 is 2.38 bits per heavy atom. The molecule has 2 aliphatic heterocycles. The first-order valence-corrected chi connectivity index (χ1v) is 11.2. The Morgan fingerprint density at radius 2 is 1.79 bits per heavy atom. The lowest BCUT2D eigenvalue weighted by atomic mass is 9.92. The van der Waals surface area contributed by atoms with Gasteiger partial charge in [-0.05, 0) is 57.9 Å². The highest BCUT2D eigenvalue weighted by Crippen LogP contribution is 2.20. The Bertz CT molecular complexity index is 487. The maximum absolute atomic E-state index is 11.8. The monoisotopic (exact) mass is 523 g/mol. The number of aliphatic imine (C=N–C) groups is 1. The molecule has 0 spiro atoms. The van der Waals surface area contributed by atoms with E-state index in [0.717, 1.165) is 69.8 Å².